The van der Waals surface area contributed by atoms with Crippen LogP contribution in [-0.4, -0.2) is 46.8 Å². The summed E-state index contributed by atoms with van der Waals surface area (Å²) in [6.45, 7) is 8.77. The molecule has 0 aliphatic heterocycles. The Morgan fingerprint density at radius 2 is 1.76 bits per heavy atom. The first-order valence-corrected chi connectivity index (χ1v) is 14.7. The normalized spacial score (nSPS) is 13.7. The van der Waals surface area contributed by atoms with Crippen LogP contribution in [0.1, 0.15) is 56.8 Å². The van der Waals surface area contributed by atoms with E-state index in [1.54, 1.807) is 46.9 Å². The number of halogens is 1. The highest BCUT2D eigenvalue weighted by atomic mass is 35.5. The Hall–Kier alpha value is -3.26. The van der Waals surface area contributed by atoms with Gasteiger partial charge in [-0.05, 0) is 75.9 Å². The molecule has 41 heavy (non-hydrogen) atoms. The second-order valence-corrected chi connectivity index (χ2v) is 14.2. The predicted octanol–water partition coefficient (Wildman–Crippen LogP) is 6.54. The largest absolute Gasteiger partial charge is 0.598 e. The van der Waals surface area contributed by atoms with Gasteiger partial charge in [0.2, 0.25) is 0 Å². The lowest BCUT2D eigenvalue weighted by molar-refractivity contribution is 0.0785. The molecule has 4 N–H and O–H groups in total. The van der Waals surface area contributed by atoms with Crippen LogP contribution in [0.25, 0.3) is 21.3 Å². The molecule has 0 bridgehead atoms. The fourth-order valence-electron chi connectivity index (χ4n) is 3.97. The van der Waals surface area contributed by atoms with E-state index in [0.29, 0.717) is 16.1 Å². The Balaban J connectivity index is 1.90. The summed E-state index contributed by atoms with van der Waals surface area (Å²) in [6, 6.07) is 12.8. The number of pyridine rings is 2. The van der Waals surface area contributed by atoms with Crippen LogP contribution in [0.2, 0.25) is 5.02 Å². The van der Waals surface area contributed by atoms with E-state index in [0.717, 1.165) is 15.6 Å². The van der Waals surface area contributed by atoms with Crippen LogP contribution in [0, 0.1) is 0 Å². The predicted molar refractivity (Wildman–Crippen MR) is 161 cm³/mol. The molecule has 0 unspecified atom stereocenters. The number of aromatic nitrogens is 2. The number of thiophene rings is 1. The molecular weight excluding hydrogens is 588 g/mol. The molecule has 0 saturated carbocycles. The monoisotopic (exact) mass is 616 g/mol. The van der Waals surface area contributed by atoms with Gasteiger partial charge >= 0.3 is 12.2 Å². The van der Waals surface area contributed by atoms with Crippen LogP contribution in [0.3, 0.4) is 0 Å². The van der Waals surface area contributed by atoms with E-state index < -0.39 is 39.9 Å². The third kappa shape index (κ3) is 6.64. The first-order chi connectivity index (χ1) is 19.1. The molecule has 0 saturated heterocycles. The minimum atomic E-state index is -1.73. The average molecular weight is 617 g/mol. The zero-order chi connectivity index (χ0) is 30.3. The maximum Gasteiger partial charge on any atom is 0.422 e. The lowest BCUT2D eigenvalue weighted by Gasteiger charge is -2.28. The molecule has 3 heterocycles. The maximum atomic E-state index is 13.3. The number of hydrogen-bond acceptors (Lipinski definition) is 8. The second kappa shape index (κ2) is 11.6. The number of aliphatic hydroxyl groups is 1. The van der Waals surface area contributed by atoms with E-state index in [-0.39, 0.29) is 21.4 Å². The third-order valence-electron chi connectivity index (χ3n) is 6.11. The van der Waals surface area contributed by atoms with Crippen molar-refractivity contribution in [2.45, 2.75) is 51.0 Å². The molecule has 4 aromatic rings. The number of amides is 2. The first-order valence-electron chi connectivity index (χ1n) is 12.4. The lowest BCUT2D eigenvalue weighted by Crippen LogP contribution is -2.42. The molecule has 0 spiro atoms. The van der Waals surface area contributed by atoms with E-state index in [2.05, 4.69) is 14.7 Å². The van der Waals surface area contributed by atoms with Crippen molar-refractivity contribution < 1.29 is 29.5 Å². The van der Waals surface area contributed by atoms with E-state index in [1.165, 1.54) is 23.5 Å². The van der Waals surface area contributed by atoms with Gasteiger partial charge < -0.3 is 19.9 Å². The molecule has 10 nitrogen and oxygen atoms in total. The number of nitrogens with one attached hydrogen (secondary N) is 1. The standard InChI is InChI=1S/C28H29ClN4O6S2/c1-27(2,3)41(39)32-23(22-18(29)9-10-21(31-22)33(25(34)35)26(36)37)20-13-15-7-6-8-17(24(15)40-20)19-14-16(11-12-30-19)28(4,5)38/h6-14,23,32,38H,1-5H3,(H,34,35)(H,36,37)/t23-,41+/m1/s1. The van der Waals surface area contributed by atoms with Crippen molar-refractivity contribution in [2.24, 2.45) is 0 Å². The summed E-state index contributed by atoms with van der Waals surface area (Å²) in [4.78, 5) is 32.9. The SMILES string of the molecule is CC(C)(O)c1ccnc(-c2cccc3cc([C@@H](N[S@@+]([O-])C(C)(C)C)c4nc(N(C(=O)O)C(=O)O)ccc4Cl)sc23)c1. The fraction of sp³-hybridized carbons (Fsp3) is 0.286. The van der Waals surface area contributed by atoms with Gasteiger partial charge in [0.05, 0.1) is 22.0 Å². The maximum absolute atomic E-state index is 13.3. The molecule has 2 amide bonds. The van der Waals surface area contributed by atoms with Gasteiger partial charge in [-0.15, -0.1) is 16.1 Å². The highest BCUT2D eigenvalue weighted by molar-refractivity contribution is 7.90. The van der Waals surface area contributed by atoms with Crippen molar-refractivity contribution >= 4 is 62.4 Å². The van der Waals surface area contributed by atoms with Crippen molar-refractivity contribution in [3.8, 4) is 11.3 Å². The van der Waals surface area contributed by atoms with E-state index >= 15 is 0 Å². The molecule has 0 aliphatic rings. The van der Waals surface area contributed by atoms with Crippen molar-refractivity contribution in [1.29, 1.82) is 0 Å². The van der Waals surface area contributed by atoms with E-state index in [9.17, 15) is 29.5 Å². The summed E-state index contributed by atoms with van der Waals surface area (Å²) in [5, 5.41) is 30.4. The van der Waals surface area contributed by atoms with Crippen LogP contribution in [-0.2, 0) is 17.0 Å². The summed E-state index contributed by atoms with van der Waals surface area (Å²) in [5.41, 5.74) is 1.22. The second-order valence-electron chi connectivity index (χ2n) is 10.7. The number of rotatable bonds is 7. The Morgan fingerprint density at radius 3 is 2.37 bits per heavy atom. The summed E-state index contributed by atoms with van der Waals surface area (Å²) in [5.74, 6) is -0.368. The van der Waals surface area contributed by atoms with Gasteiger partial charge in [-0.25, -0.2) is 14.6 Å². The zero-order valence-electron chi connectivity index (χ0n) is 22.9. The Morgan fingerprint density at radius 1 is 1.07 bits per heavy atom. The van der Waals surface area contributed by atoms with Gasteiger partial charge in [-0.1, -0.05) is 29.8 Å². The molecule has 2 atom stereocenters. The Labute approximate surface area is 249 Å². The number of carboxylic acid groups (broad SMARTS) is 2. The Bertz CT molecular complexity index is 1600. The van der Waals surface area contributed by atoms with Crippen molar-refractivity contribution in [2.75, 3.05) is 4.90 Å². The molecule has 0 radical (unpaired) electrons. The smallest absolute Gasteiger partial charge is 0.422 e. The first kappa shape index (κ1) is 30.7. The van der Waals surface area contributed by atoms with E-state index in [4.69, 9.17) is 11.6 Å². The number of hydrogen-bond donors (Lipinski definition) is 4. The van der Waals surface area contributed by atoms with Gasteiger partial charge in [-0.3, -0.25) is 4.98 Å². The minimum absolute atomic E-state index is 0.0853. The third-order valence-corrected chi connectivity index (χ3v) is 9.25. The van der Waals surface area contributed by atoms with Crippen LogP contribution >= 0.6 is 22.9 Å². The molecule has 216 valence electrons. The lowest BCUT2D eigenvalue weighted by atomic mass is 9.97. The molecule has 4 rings (SSSR count). The fourth-order valence-corrected chi connectivity index (χ4v) is 6.30. The summed E-state index contributed by atoms with van der Waals surface area (Å²) < 4.78 is 16.6. The number of benzene rings is 1. The number of imide groups is 1. The van der Waals surface area contributed by atoms with Crippen LogP contribution in [0.15, 0.2) is 54.7 Å². The van der Waals surface area contributed by atoms with Crippen molar-refractivity contribution in [1.82, 2.24) is 14.7 Å². The molecule has 0 fully saturated rings. The summed E-state index contributed by atoms with van der Waals surface area (Å²) in [7, 11) is 0. The van der Waals surface area contributed by atoms with Gasteiger partial charge in [0, 0.05) is 32.7 Å². The Kier molecular flexibility index (Phi) is 8.65. The quantitative estimate of drug-likeness (QED) is 0.169. The number of nitrogens with zero attached hydrogens (tertiary/aromatic N) is 3. The molecular formula is C28H29ClN4O6S2. The summed E-state index contributed by atoms with van der Waals surface area (Å²) >= 11 is 6.31. The van der Waals surface area contributed by atoms with Gasteiger partial charge in [-0.2, -0.15) is 4.90 Å². The highest BCUT2D eigenvalue weighted by Crippen LogP contribution is 2.41. The average Bonchev–Trinajstić information content (AvgIpc) is 3.31. The topological polar surface area (TPSA) is 159 Å². The van der Waals surface area contributed by atoms with Crippen LogP contribution in [0.5, 0.6) is 0 Å². The van der Waals surface area contributed by atoms with E-state index in [1.807, 2.05) is 30.3 Å². The highest BCUT2D eigenvalue weighted by Gasteiger charge is 2.34. The van der Waals surface area contributed by atoms with Crippen molar-refractivity contribution in [3.05, 3.63) is 75.9 Å². The van der Waals surface area contributed by atoms with Crippen LogP contribution < -0.4 is 9.62 Å². The zero-order valence-corrected chi connectivity index (χ0v) is 25.3. The molecule has 1 aromatic carbocycles. The number of anilines is 1. The van der Waals surface area contributed by atoms with Gasteiger partial charge in [0.1, 0.15) is 16.6 Å². The number of fused-ring (bicyclic) bond motifs is 1. The van der Waals surface area contributed by atoms with Gasteiger partial charge in [0.15, 0.2) is 0 Å². The minimum Gasteiger partial charge on any atom is -0.598 e. The number of carbonyl (C=O) groups is 2. The van der Waals surface area contributed by atoms with Crippen LogP contribution in [0.4, 0.5) is 15.4 Å². The molecule has 0 aliphatic carbocycles. The molecule has 3 aromatic heterocycles. The van der Waals surface area contributed by atoms with Crippen molar-refractivity contribution in [3.63, 3.8) is 0 Å². The summed E-state index contributed by atoms with van der Waals surface area (Å²) in [6.07, 6.45) is -1.82. The molecule has 13 heteroatoms. The van der Waals surface area contributed by atoms with Gasteiger partial charge in [0.25, 0.3) is 0 Å².